The molecule has 1 fully saturated rings. The van der Waals surface area contributed by atoms with Gasteiger partial charge in [0.1, 0.15) is 28.5 Å². The predicted octanol–water partition coefficient (Wildman–Crippen LogP) is 6.12. The summed E-state index contributed by atoms with van der Waals surface area (Å²) in [6, 6.07) is 20.1. The average molecular weight is 445 g/mol. The molecule has 2 aromatic heterocycles. The van der Waals surface area contributed by atoms with E-state index in [0.717, 1.165) is 38.6 Å². The van der Waals surface area contributed by atoms with E-state index in [1.165, 1.54) is 5.56 Å². The first-order valence-electron chi connectivity index (χ1n) is 10.4. The molecule has 1 aliphatic rings. The summed E-state index contributed by atoms with van der Waals surface area (Å²) in [6.45, 7) is 11.1. The minimum absolute atomic E-state index is 0.0359. The molecule has 2 aromatic carbocycles. The molecule has 2 atom stereocenters. The van der Waals surface area contributed by atoms with Crippen molar-refractivity contribution < 1.29 is 14.0 Å². The number of thiophene rings is 1. The van der Waals surface area contributed by atoms with Gasteiger partial charge in [-0.2, -0.15) is 0 Å². The Morgan fingerprint density at radius 1 is 1.19 bits per heavy atom. The maximum atomic E-state index is 6.13. The van der Waals surface area contributed by atoms with Crippen LogP contribution < -0.4 is 10.1 Å². The van der Waals surface area contributed by atoms with Gasteiger partial charge in [0.15, 0.2) is 5.58 Å². The summed E-state index contributed by atoms with van der Waals surface area (Å²) in [5.74, 6) is 1.48. The maximum Gasteiger partial charge on any atom is 0.210 e. The largest absolute Gasteiger partial charge is 0.489 e. The van der Waals surface area contributed by atoms with E-state index in [2.05, 4.69) is 35.8 Å². The lowest BCUT2D eigenvalue weighted by atomic mass is 10.00. The highest BCUT2D eigenvalue weighted by molar-refractivity contribution is 7.17. The van der Waals surface area contributed by atoms with Crippen LogP contribution in [0.1, 0.15) is 18.5 Å². The first kappa shape index (κ1) is 20.5. The van der Waals surface area contributed by atoms with Gasteiger partial charge in [0.05, 0.1) is 6.04 Å². The summed E-state index contributed by atoms with van der Waals surface area (Å²) in [6.07, 6.45) is 0. The first-order valence-corrected chi connectivity index (χ1v) is 11.3. The number of nitrogens with one attached hydrogen (secondary N) is 1. The molecular weight excluding hydrogens is 420 g/mol. The molecule has 6 heteroatoms. The van der Waals surface area contributed by atoms with Crippen molar-refractivity contribution in [3.05, 3.63) is 96.1 Å². The van der Waals surface area contributed by atoms with E-state index in [1.54, 1.807) is 11.3 Å². The molecule has 3 heterocycles. The molecule has 1 N–H and O–H groups in total. The second kappa shape index (κ2) is 8.30. The van der Waals surface area contributed by atoms with Crippen molar-refractivity contribution in [1.29, 1.82) is 0 Å². The minimum atomic E-state index is -0.548. The lowest BCUT2D eigenvalue weighted by Gasteiger charge is -2.21. The van der Waals surface area contributed by atoms with Gasteiger partial charge < -0.3 is 19.3 Å². The Bertz CT molecular complexity index is 1280. The third-order valence-corrected chi connectivity index (χ3v) is 6.56. The van der Waals surface area contributed by atoms with Crippen LogP contribution in [0.25, 0.3) is 21.5 Å². The molecule has 32 heavy (non-hydrogen) atoms. The van der Waals surface area contributed by atoms with Gasteiger partial charge in [-0.05, 0) is 36.1 Å². The number of hydrogen-bond donors (Lipinski definition) is 1. The second-order valence-electron chi connectivity index (χ2n) is 8.05. The molecule has 4 aromatic rings. The van der Waals surface area contributed by atoms with Crippen LogP contribution in [0.4, 0.5) is 0 Å². The highest BCUT2D eigenvalue weighted by Crippen LogP contribution is 2.41. The third-order valence-electron chi connectivity index (χ3n) is 5.66. The van der Waals surface area contributed by atoms with Crippen LogP contribution in [0.5, 0.6) is 5.75 Å². The highest BCUT2D eigenvalue weighted by atomic mass is 32.1. The molecule has 1 aliphatic heterocycles. The third kappa shape index (κ3) is 3.95. The highest BCUT2D eigenvalue weighted by Gasteiger charge is 2.52. The monoisotopic (exact) mass is 444 g/mol. The molecule has 1 saturated heterocycles. The van der Waals surface area contributed by atoms with Crippen molar-refractivity contribution in [2.45, 2.75) is 18.6 Å². The van der Waals surface area contributed by atoms with E-state index in [4.69, 9.17) is 14.0 Å². The summed E-state index contributed by atoms with van der Waals surface area (Å²) in [4.78, 5) is 0. The van der Waals surface area contributed by atoms with Gasteiger partial charge in [-0.1, -0.05) is 66.4 Å². The van der Waals surface area contributed by atoms with Gasteiger partial charge >= 0.3 is 0 Å². The maximum absolute atomic E-state index is 6.13. The Morgan fingerprint density at radius 2 is 2.00 bits per heavy atom. The number of fused-ring (bicyclic) bond motifs is 1. The topological polar surface area (TPSA) is 59.8 Å². The quantitative estimate of drug-likeness (QED) is 0.249. The zero-order chi connectivity index (χ0) is 22.1. The number of ether oxygens (including phenoxy) is 2. The predicted molar refractivity (Wildman–Crippen MR) is 128 cm³/mol. The van der Waals surface area contributed by atoms with Crippen LogP contribution in [0, 0.1) is 0 Å². The van der Waals surface area contributed by atoms with Crippen LogP contribution in [0.15, 0.2) is 95.1 Å². The molecule has 0 amide bonds. The van der Waals surface area contributed by atoms with Gasteiger partial charge in [-0.3, -0.25) is 0 Å². The molecule has 0 saturated carbocycles. The zero-order valence-electron chi connectivity index (χ0n) is 17.8. The fourth-order valence-corrected chi connectivity index (χ4v) is 4.61. The van der Waals surface area contributed by atoms with Crippen molar-refractivity contribution >= 4 is 21.6 Å². The summed E-state index contributed by atoms with van der Waals surface area (Å²) >= 11 is 1.61. The number of hydrogen-bond acceptors (Lipinski definition) is 6. The lowest BCUT2D eigenvalue weighted by Crippen LogP contribution is -2.37. The summed E-state index contributed by atoms with van der Waals surface area (Å²) < 4.78 is 18.4. The van der Waals surface area contributed by atoms with Crippen LogP contribution >= 0.6 is 11.3 Å². The van der Waals surface area contributed by atoms with Gasteiger partial charge in [0, 0.05) is 12.1 Å². The Balaban J connectivity index is 1.27. The van der Waals surface area contributed by atoms with Crippen LogP contribution in [0.3, 0.4) is 0 Å². The molecular formula is C26H24N2O3S. The molecule has 162 valence electrons. The van der Waals surface area contributed by atoms with Crippen molar-refractivity contribution in [2.75, 3.05) is 13.2 Å². The van der Waals surface area contributed by atoms with Crippen molar-refractivity contribution in [1.82, 2.24) is 10.5 Å². The van der Waals surface area contributed by atoms with Gasteiger partial charge in [-0.25, -0.2) is 0 Å². The lowest BCUT2D eigenvalue weighted by molar-refractivity contribution is 0.183. The first-order chi connectivity index (χ1) is 15.6. The van der Waals surface area contributed by atoms with Crippen LogP contribution in [-0.4, -0.2) is 23.9 Å². The Kier molecular flexibility index (Phi) is 5.33. The molecule has 0 radical (unpaired) electrons. The van der Waals surface area contributed by atoms with Crippen molar-refractivity contribution in [3.8, 4) is 17.0 Å². The standard InChI is InChI=1S/C26H24N2O3S/c1-17(2)23(19-8-5-4-6-9-19)27-15-26(18(3)30-26)16-29-21-11-7-10-20(14-21)24-25-22(31-28-24)12-13-32-25/h4-14,23,27H,1,3,15-16H2,2H3/t23-,26+/m0/s1. The normalized spacial score (nSPS) is 18.3. The average Bonchev–Trinajstić information content (AvgIpc) is 3.11. The number of aromatic nitrogens is 1. The van der Waals surface area contributed by atoms with Crippen molar-refractivity contribution in [3.63, 3.8) is 0 Å². The van der Waals surface area contributed by atoms with E-state index < -0.39 is 5.60 Å². The smallest absolute Gasteiger partial charge is 0.210 e. The fraction of sp³-hybridized carbons (Fsp3) is 0.192. The van der Waals surface area contributed by atoms with Crippen LogP contribution in [-0.2, 0) is 4.74 Å². The van der Waals surface area contributed by atoms with Gasteiger partial charge in [-0.15, -0.1) is 11.3 Å². The van der Waals surface area contributed by atoms with E-state index in [9.17, 15) is 0 Å². The van der Waals surface area contributed by atoms with Gasteiger partial charge in [0.2, 0.25) is 5.60 Å². The number of nitrogens with zero attached hydrogens (tertiary/aromatic N) is 1. The fourth-order valence-electron chi connectivity index (χ4n) is 3.79. The van der Waals surface area contributed by atoms with E-state index in [-0.39, 0.29) is 6.04 Å². The zero-order valence-corrected chi connectivity index (χ0v) is 18.7. The number of epoxide rings is 1. The van der Waals surface area contributed by atoms with Gasteiger partial charge in [0.25, 0.3) is 0 Å². The Morgan fingerprint density at radius 3 is 2.75 bits per heavy atom. The van der Waals surface area contributed by atoms with Crippen LogP contribution in [0.2, 0.25) is 0 Å². The summed E-state index contributed by atoms with van der Waals surface area (Å²) in [7, 11) is 0. The SMILES string of the molecule is C=C(C)[C@H](NC[C@]1(COc2cccc(-c3noc4ccsc34)c2)OC1=C)c1ccccc1. The van der Waals surface area contributed by atoms with E-state index >= 15 is 0 Å². The Hall–Kier alpha value is -3.35. The number of rotatable bonds is 9. The molecule has 5 nitrogen and oxygen atoms in total. The summed E-state index contributed by atoms with van der Waals surface area (Å²) in [5, 5.41) is 9.79. The molecule has 0 aliphatic carbocycles. The summed E-state index contributed by atoms with van der Waals surface area (Å²) in [5.41, 5.74) is 4.25. The van der Waals surface area contributed by atoms with E-state index in [1.807, 2.05) is 60.8 Å². The minimum Gasteiger partial charge on any atom is -0.489 e. The second-order valence-corrected chi connectivity index (χ2v) is 8.97. The van der Waals surface area contributed by atoms with E-state index in [0.29, 0.717) is 13.2 Å². The number of benzene rings is 2. The molecule has 0 bridgehead atoms. The Labute approximate surface area is 191 Å². The molecule has 0 spiro atoms. The molecule has 5 rings (SSSR count). The molecule has 0 unspecified atom stereocenters. The van der Waals surface area contributed by atoms with Crippen molar-refractivity contribution in [2.24, 2.45) is 0 Å².